The molecule has 0 bridgehead atoms. The van der Waals surface area contributed by atoms with Crippen molar-refractivity contribution < 1.29 is 14.3 Å². The average Bonchev–Trinajstić information content (AvgIpc) is 2.67. The van der Waals surface area contributed by atoms with Crippen molar-refractivity contribution in [2.24, 2.45) is 5.73 Å². The molecule has 0 spiro atoms. The summed E-state index contributed by atoms with van der Waals surface area (Å²) in [4.78, 5) is 17.2. The summed E-state index contributed by atoms with van der Waals surface area (Å²) < 4.78 is 11.1. The quantitative estimate of drug-likeness (QED) is 0.785. The molecule has 2 aromatic rings. The van der Waals surface area contributed by atoms with Crippen molar-refractivity contribution in [3.05, 3.63) is 57.8 Å². The first kappa shape index (κ1) is 18.3. The molecule has 1 aromatic heterocycles. The van der Waals surface area contributed by atoms with Gasteiger partial charge in [-0.3, -0.25) is 4.79 Å². The number of benzene rings is 1. The summed E-state index contributed by atoms with van der Waals surface area (Å²) >= 11 is 6.52. The lowest BCUT2D eigenvalue weighted by molar-refractivity contribution is -0.116. The molecule has 28 heavy (non-hydrogen) atoms. The van der Waals surface area contributed by atoms with E-state index < -0.39 is 5.92 Å². The van der Waals surface area contributed by atoms with Crippen molar-refractivity contribution >= 4 is 28.3 Å². The molecule has 1 aromatic carbocycles. The SMILES string of the molecule is CCOc1ccc2cc([C@@H]3C(C#N)=C(N)OC4=C3C(=O)CCC4)c(Cl)nc2c1. The molecule has 2 heterocycles. The van der Waals surface area contributed by atoms with E-state index in [0.29, 0.717) is 54.0 Å². The fourth-order valence-corrected chi connectivity index (χ4v) is 4.02. The number of ether oxygens (including phenoxy) is 2. The summed E-state index contributed by atoms with van der Waals surface area (Å²) in [5.74, 6) is 0.531. The summed E-state index contributed by atoms with van der Waals surface area (Å²) in [6, 6.07) is 9.49. The molecule has 0 radical (unpaired) electrons. The molecule has 0 saturated heterocycles. The van der Waals surface area contributed by atoms with Gasteiger partial charge in [-0.05, 0) is 31.5 Å². The molecule has 2 aliphatic rings. The number of fused-ring (bicyclic) bond motifs is 1. The van der Waals surface area contributed by atoms with Crippen molar-refractivity contribution in [1.29, 1.82) is 5.26 Å². The zero-order valence-electron chi connectivity index (χ0n) is 15.3. The van der Waals surface area contributed by atoms with Gasteiger partial charge >= 0.3 is 0 Å². The van der Waals surface area contributed by atoms with E-state index in [0.717, 1.165) is 5.39 Å². The number of carbonyl (C=O) groups excluding carboxylic acids is 1. The molecule has 1 atom stereocenters. The second-order valence-electron chi connectivity index (χ2n) is 6.69. The normalized spacial score (nSPS) is 19.3. The summed E-state index contributed by atoms with van der Waals surface area (Å²) in [5.41, 5.74) is 7.89. The van der Waals surface area contributed by atoms with E-state index in [2.05, 4.69) is 11.1 Å². The fraction of sp³-hybridized carbons (Fsp3) is 0.286. The summed E-state index contributed by atoms with van der Waals surface area (Å²) in [6.45, 7) is 2.46. The van der Waals surface area contributed by atoms with Crippen LogP contribution in [-0.4, -0.2) is 17.4 Å². The number of ketones is 1. The number of Topliss-reactive ketones (excluding diaryl/α,β-unsaturated/α-hetero) is 1. The molecule has 1 aliphatic carbocycles. The molecule has 0 saturated carbocycles. The van der Waals surface area contributed by atoms with E-state index in [4.69, 9.17) is 26.8 Å². The maximum atomic E-state index is 12.7. The number of nitriles is 1. The topological polar surface area (TPSA) is 98.2 Å². The Hall–Kier alpha value is -3.04. The van der Waals surface area contributed by atoms with E-state index >= 15 is 0 Å². The molecular weight excluding hydrogens is 378 g/mol. The summed E-state index contributed by atoms with van der Waals surface area (Å²) in [5, 5.41) is 10.7. The first-order chi connectivity index (χ1) is 13.5. The van der Waals surface area contributed by atoms with Crippen LogP contribution in [0.4, 0.5) is 0 Å². The Balaban J connectivity index is 1.90. The first-order valence-corrected chi connectivity index (χ1v) is 9.48. The fourth-order valence-electron chi connectivity index (χ4n) is 3.77. The number of aromatic nitrogens is 1. The molecule has 142 valence electrons. The number of nitrogens with zero attached hydrogens (tertiary/aromatic N) is 2. The zero-order valence-corrected chi connectivity index (χ0v) is 16.0. The van der Waals surface area contributed by atoms with Crippen molar-refractivity contribution in [2.45, 2.75) is 32.1 Å². The van der Waals surface area contributed by atoms with E-state index in [9.17, 15) is 10.1 Å². The third-order valence-electron chi connectivity index (χ3n) is 5.00. The molecule has 7 heteroatoms. The van der Waals surface area contributed by atoms with Crippen LogP contribution < -0.4 is 10.5 Å². The molecule has 2 N–H and O–H groups in total. The third kappa shape index (κ3) is 2.98. The predicted molar refractivity (Wildman–Crippen MR) is 104 cm³/mol. The van der Waals surface area contributed by atoms with Crippen LogP contribution in [0.3, 0.4) is 0 Å². The lowest BCUT2D eigenvalue weighted by Gasteiger charge is -2.31. The standard InChI is InChI=1S/C21H18ClN3O3/c1-2-27-12-7-6-11-8-13(20(22)25-15(11)9-12)18-14(10-23)21(24)28-17-5-3-4-16(26)19(17)18/h6-9,18H,2-5,24H2,1H3/t18-/m1/s1. The minimum absolute atomic E-state index is 0.0174. The molecule has 6 nitrogen and oxygen atoms in total. The van der Waals surface area contributed by atoms with Crippen molar-refractivity contribution in [2.75, 3.05) is 6.61 Å². The van der Waals surface area contributed by atoms with Gasteiger partial charge in [0.15, 0.2) is 5.78 Å². The number of rotatable bonds is 3. The Labute approximate surface area is 167 Å². The third-order valence-corrected chi connectivity index (χ3v) is 5.30. The highest BCUT2D eigenvalue weighted by Gasteiger charge is 2.39. The Morgan fingerprint density at radius 2 is 2.21 bits per heavy atom. The lowest BCUT2D eigenvalue weighted by Crippen LogP contribution is -2.27. The number of hydrogen-bond acceptors (Lipinski definition) is 6. The second kappa shape index (κ2) is 7.17. The Kier molecular flexibility index (Phi) is 4.70. The van der Waals surface area contributed by atoms with E-state index in [1.54, 1.807) is 0 Å². The highest BCUT2D eigenvalue weighted by Crippen LogP contribution is 2.45. The van der Waals surface area contributed by atoms with Crippen molar-refractivity contribution in [3.8, 4) is 11.8 Å². The molecule has 4 rings (SSSR count). The van der Waals surface area contributed by atoms with Crippen molar-refractivity contribution in [1.82, 2.24) is 4.98 Å². The van der Waals surface area contributed by atoms with Gasteiger partial charge in [0.2, 0.25) is 5.88 Å². The minimum atomic E-state index is -0.669. The van der Waals surface area contributed by atoms with Crippen LogP contribution in [0.15, 0.2) is 47.1 Å². The van der Waals surface area contributed by atoms with Crippen LogP contribution in [0, 0.1) is 11.3 Å². The van der Waals surface area contributed by atoms with Gasteiger partial charge < -0.3 is 15.2 Å². The van der Waals surface area contributed by atoms with Crippen LogP contribution >= 0.6 is 11.6 Å². The highest BCUT2D eigenvalue weighted by atomic mass is 35.5. The van der Waals surface area contributed by atoms with E-state index in [1.165, 1.54) is 0 Å². The average molecular weight is 396 g/mol. The maximum absolute atomic E-state index is 12.7. The largest absolute Gasteiger partial charge is 0.494 e. The van der Waals surface area contributed by atoms with Gasteiger partial charge in [-0.25, -0.2) is 4.98 Å². The van der Waals surface area contributed by atoms with Gasteiger partial charge in [0.25, 0.3) is 0 Å². The predicted octanol–water partition coefficient (Wildman–Crippen LogP) is 4.10. The number of allylic oxidation sites excluding steroid dienone is 3. The minimum Gasteiger partial charge on any atom is -0.494 e. The zero-order chi connectivity index (χ0) is 19.8. The van der Waals surface area contributed by atoms with Crippen LogP contribution in [0.1, 0.15) is 37.7 Å². The van der Waals surface area contributed by atoms with Gasteiger partial charge in [0.05, 0.1) is 18.0 Å². The van der Waals surface area contributed by atoms with Gasteiger partial charge in [0.1, 0.15) is 28.3 Å². The highest BCUT2D eigenvalue weighted by molar-refractivity contribution is 6.31. The Morgan fingerprint density at radius 1 is 1.39 bits per heavy atom. The molecule has 1 aliphatic heterocycles. The van der Waals surface area contributed by atoms with Crippen LogP contribution in [0.2, 0.25) is 5.15 Å². The van der Waals surface area contributed by atoms with Gasteiger partial charge in [-0.1, -0.05) is 11.6 Å². The molecular formula is C21H18ClN3O3. The van der Waals surface area contributed by atoms with E-state index in [1.807, 2.05) is 31.2 Å². The number of hydrogen-bond donors (Lipinski definition) is 1. The second-order valence-corrected chi connectivity index (χ2v) is 7.05. The smallest absolute Gasteiger partial charge is 0.205 e. The molecule has 0 amide bonds. The van der Waals surface area contributed by atoms with Crippen LogP contribution in [0.25, 0.3) is 10.9 Å². The van der Waals surface area contributed by atoms with Gasteiger partial charge in [-0.15, -0.1) is 0 Å². The lowest BCUT2D eigenvalue weighted by atomic mass is 9.78. The van der Waals surface area contributed by atoms with Crippen LogP contribution in [0.5, 0.6) is 5.75 Å². The number of pyridine rings is 1. The summed E-state index contributed by atoms with van der Waals surface area (Å²) in [6.07, 6.45) is 1.71. The van der Waals surface area contributed by atoms with Crippen LogP contribution in [-0.2, 0) is 9.53 Å². The first-order valence-electron chi connectivity index (χ1n) is 9.10. The molecule has 0 unspecified atom stereocenters. The van der Waals surface area contributed by atoms with Gasteiger partial charge in [-0.2, -0.15) is 5.26 Å². The number of nitrogens with two attached hydrogens (primary N) is 1. The Morgan fingerprint density at radius 3 is 2.96 bits per heavy atom. The summed E-state index contributed by atoms with van der Waals surface area (Å²) in [7, 11) is 0. The van der Waals surface area contributed by atoms with E-state index in [-0.39, 0.29) is 22.4 Å². The van der Waals surface area contributed by atoms with Crippen molar-refractivity contribution in [3.63, 3.8) is 0 Å². The number of halogens is 1. The Bertz CT molecular complexity index is 1100. The number of carbonyl (C=O) groups is 1. The monoisotopic (exact) mass is 395 g/mol. The maximum Gasteiger partial charge on any atom is 0.205 e. The molecule has 0 fully saturated rings. The van der Waals surface area contributed by atoms with Gasteiger partial charge in [0, 0.05) is 35.4 Å².